The van der Waals surface area contributed by atoms with Crippen molar-refractivity contribution in [2.24, 2.45) is 22.7 Å². The van der Waals surface area contributed by atoms with Gasteiger partial charge in [0.1, 0.15) is 17.6 Å². The van der Waals surface area contributed by atoms with Gasteiger partial charge in [-0.15, -0.1) is 0 Å². The molecule has 328 valence electrons. The van der Waals surface area contributed by atoms with Crippen molar-refractivity contribution in [3.05, 3.63) is 23.8 Å². The molecule has 3 aliphatic rings. The van der Waals surface area contributed by atoms with Crippen LogP contribution in [-0.4, -0.2) is 91.7 Å². The van der Waals surface area contributed by atoms with E-state index in [1.54, 1.807) is 52.8 Å². The van der Waals surface area contributed by atoms with E-state index in [9.17, 15) is 40.8 Å². The minimum absolute atomic E-state index is 0.0653. The van der Waals surface area contributed by atoms with Crippen molar-refractivity contribution in [3.8, 4) is 17.4 Å². The van der Waals surface area contributed by atoms with E-state index < -0.39 is 93.0 Å². The van der Waals surface area contributed by atoms with Crippen LogP contribution in [0.1, 0.15) is 106 Å². The van der Waals surface area contributed by atoms with Crippen LogP contribution < -0.4 is 18.9 Å². The molecular weight excluding hydrogens is 800 g/mol. The number of nitrogens with zero attached hydrogens (tertiary/aromatic N) is 2. The molecule has 18 heteroatoms. The average Bonchev–Trinajstić information content (AvgIpc) is 3.98. The molecule has 2 amide bonds. The SMILES string of the molecule is CCOc1cc(O[C@@H]2C[C@@H](C(=O)C[C@]3(C(=O)NS(=O)(=O)OC4(C)CC4)C[C@H]3CC)N(C(=O)[C@@H](CC(=O)OC(C)(C)C(F)(F)F)C(C)(C)C)C2)c2ccc(OC)c(C)c2n1. The lowest BCUT2D eigenvalue weighted by Crippen LogP contribution is -2.49. The molecule has 0 unspecified atom stereocenters. The average molecular weight is 856 g/mol. The zero-order valence-corrected chi connectivity index (χ0v) is 36.1. The third-order valence-electron chi connectivity index (χ3n) is 11.8. The molecule has 1 aromatic carbocycles. The summed E-state index contributed by atoms with van der Waals surface area (Å²) in [5.74, 6) is -3.82. The first-order valence-corrected chi connectivity index (χ1v) is 21.3. The number of hydrogen-bond acceptors (Lipinski definition) is 12. The molecule has 5 rings (SSSR count). The van der Waals surface area contributed by atoms with Gasteiger partial charge in [-0.2, -0.15) is 21.6 Å². The number of pyridine rings is 1. The Morgan fingerprint density at radius 3 is 2.25 bits per heavy atom. The molecule has 1 aliphatic heterocycles. The van der Waals surface area contributed by atoms with E-state index in [0.717, 1.165) is 0 Å². The highest BCUT2D eigenvalue weighted by atomic mass is 32.2. The van der Waals surface area contributed by atoms with E-state index in [4.69, 9.17) is 23.1 Å². The third-order valence-corrected chi connectivity index (χ3v) is 12.8. The summed E-state index contributed by atoms with van der Waals surface area (Å²) in [6, 6.07) is 3.87. The van der Waals surface area contributed by atoms with Gasteiger partial charge in [0.05, 0.1) is 55.2 Å². The Morgan fingerprint density at radius 2 is 1.71 bits per heavy atom. The Bertz CT molecular complexity index is 2080. The van der Waals surface area contributed by atoms with Gasteiger partial charge >= 0.3 is 22.4 Å². The number of fused-ring (bicyclic) bond motifs is 1. The molecular formula is C41H56F3N3O11S. The number of amides is 2. The lowest BCUT2D eigenvalue weighted by molar-refractivity contribution is -0.257. The Balaban J connectivity index is 1.49. The van der Waals surface area contributed by atoms with Crippen molar-refractivity contribution in [1.82, 2.24) is 14.6 Å². The molecule has 2 saturated carbocycles. The number of ketones is 1. The van der Waals surface area contributed by atoms with E-state index in [0.29, 0.717) is 67.7 Å². The minimum Gasteiger partial charge on any atom is -0.496 e. The number of ether oxygens (including phenoxy) is 4. The number of methoxy groups -OCH3 is 1. The predicted molar refractivity (Wildman–Crippen MR) is 209 cm³/mol. The first-order valence-electron chi connectivity index (χ1n) is 19.9. The molecule has 14 nitrogen and oxygen atoms in total. The molecule has 0 bridgehead atoms. The van der Waals surface area contributed by atoms with Gasteiger partial charge in [-0.05, 0) is 77.3 Å². The number of likely N-dealkylation sites (tertiary alicyclic amines) is 1. The van der Waals surface area contributed by atoms with Crippen LogP contribution in [-0.2, 0) is 38.4 Å². The van der Waals surface area contributed by atoms with Crippen molar-refractivity contribution in [2.45, 2.75) is 137 Å². The van der Waals surface area contributed by atoms with Crippen molar-refractivity contribution < 1.29 is 63.9 Å². The fourth-order valence-electron chi connectivity index (χ4n) is 7.70. The zero-order valence-electron chi connectivity index (χ0n) is 35.3. The number of rotatable bonds is 17. The minimum atomic E-state index is -4.88. The Labute approximate surface area is 343 Å². The largest absolute Gasteiger partial charge is 0.496 e. The maximum Gasteiger partial charge on any atom is 0.427 e. The summed E-state index contributed by atoms with van der Waals surface area (Å²) in [4.78, 5) is 62.0. The molecule has 2 heterocycles. The number of Topliss-reactive ketones (excluding diaryl/α,β-unsaturated/α-hetero) is 1. The van der Waals surface area contributed by atoms with E-state index in [2.05, 4.69) is 4.98 Å². The summed E-state index contributed by atoms with van der Waals surface area (Å²) in [7, 11) is -2.97. The number of benzene rings is 1. The van der Waals surface area contributed by atoms with Gasteiger partial charge in [0.2, 0.25) is 23.3 Å². The molecule has 0 spiro atoms. The summed E-state index contributed by atoms with van der Waals surface area (Å²) < 4.78 is 96.6. The molecule has 5 atom stereocenters. The van der Waals surface area contributed by atoms with Gasteiger partial charge in [-0.1, -0.05) is 34.1 Å². The smallest absolute Gasteiger partial charge is 0.427 e. The van der Waals surface area contributed by atoms with E-state index in [1.165, 1.54) is 12.0 Å². The highest BCUT2D eigenvalue weighted by Gasteiger charge is 2.62. The summed E-state index contributed by atoms with van der Waals surface area (Å²) in [5, 5.41) is 0.588. The summed E-state index contributed by atoms with van der Waals surface area (Å²) in [6.45, 7) is 13.5. The second-order valence-corrected chi connectivity index (χ2v) is 19.1. The quantitative estimate of drug-likeness (QED) is 0.170. The second kappa shape index (κ2) is 16.3. The number of nitrogens with one attached hydrogen (secondary N) is 1. The van der Waals surface area contributed by atoms with Crippen LogP contribution in [0.3, 0.4) is 0 Å². The number of carbonyl (C=O) groups is 4. The van der Waals surface area contributed by atoms with Gasteiger partial charge in [0, 0.05) is 29.9 Å². The predicted octanol–water partition coefficient (Wildman–Crippen LogP) is 6.54. The van der Waals surface area contributed by atoms with Crippen molar-refractivity contribution >= 4 is 44.8 Å². The summed E-state index contributed by atoms with van der Waals surface area (Å²) in [6.07, 6.45) is -5.25. The summed E-state index contributed by atoms with van der Waals surface area (Å²) >= 11 is 0. The first-order chi connectivity index (χ1) is 27.2. The Kier molecular flexibility index (Phi) is 12.7. The highest BCUT2D eigenvalue weighted by molar-refractivity contribution is 7.85. The lowest BCUT2D eigenvalue weighted by Gasteiger charge is -2.35. The second-order valence-electron chi connectivity index (χ2n) is 17.8. The van der Waals surface area contributed by atoms with Gasteiger partial charge in [-0.3, -0.25) is 19.2 Å². The lowest BCUT2D eigenvalue weighted by atomic mass is 9.77. The maximum absolute atomic E-state index is 14.7. The number of esters is 1. The van der Waals surface area contributed by atoms with Crippen LogP contribution in [0.15, 0.2) is 18.2 Å². The van der Waals surface area contributed by atoms with E-state index >= 15 is 0 Å². The van der Waals surface area contributed by atoms with Gasteiger partial charge < -0.3 is 23.8 Å². The van der Waals surface area contributed by atoms with Crippen LogP contribution in [0.5, 0.6) is 17.4 Å². The molecule has 0 radical (unpaired) electrons. The number of aryl methyl sites for hydroxylation is 1. The number of aromatic nitrogens is 1. The van der Waals surface area contributed by atoms with Crippen LogP contribution >= 0.6 is 0 Å². The van der Waals surface area contributed by atoms with Gasteiger partial charge in [0.15, 0.2) is 5.78 Å². The highest BCUT2D eigenvalue weighted by Crippen LogP contribution is 2.58. The molecule has 1 aromatic heterocycles. The van der Waals surface area contributed by atoms with E-state index in [-0.39, 0.29) is 31.2 Å². The number of halogens is 3. The van der Waals surface area contributed by atoms with Crippen molar-refractivity contribution in [1.29, 1.82) is 0 Å². The fraction of sp³-hybridized carbons (Fsp3) is 0.683. The van der Waals surface area contributed by atoms with Crippen LogP contribution in [0, 0.1) is 29.6 Å². The third kappa shape index (κ3) is 10.1. The molecule has 2 aromatic rings. The Morgan fingerprint density at radius 1 is 1.05 bits per heavy atom. The van der Waals surface area contributed by atoms with Crippen LogP contribution in [0.25, 0.3) is 10.9 Å². The zero-order chi connectivity index (χ0) is 44.1. The molecule has 2 aliphatic carbocycles. The molecule has 1 N–H and O–H groups in total. The number of alkyl halides is 3. The number of carbonyl (C=O) groups excluding carboxylic acids is 4. The Hall–Kier alpha value is -4.19. The fourth-order valence-corrected chi connectivity index (χ4v) is 8.87. The first kappa shape index (κ1) is 45.9. The van der Waals surface area contributed by atoms with Gasteiger partial charge in [-0.25, -0.2) is 13.9 Å². The molecule has 3 fully saturated rings. The van der Waals surface area contributed by atoms with E-state index in [1.807, 2.05) is 18.6 Å². The number of hydrogen-bond donors (Lipinski definition) is 1. The van der Waals surface area contributed by atoms with Crippen molar-refractivity contribution in [3.63, 3.8) is 0 Å². The molecule has 1 saturated heterocycles. The normalized spacial score (nSPS) is 23.3. The molecule has 59 heavy (non-hydrogen) atoms. The monoisotopic (exact) mass is 855 g/mol. The van der Waals surface area contributed by atoms with Crippen LogP contribution in [0.2, 0.25) is 0 Å². The maximum atomic E-state index is 14.7. The van der Waals surface area contributed by atoms with Crippen LogP contribution in [0.4, 0.5) is 13.2 Å². The van der Waals surface area contributed by atoms with Crippen molar-refractivity contribution in [2.75, 3.05) is 20.3 Å². The topological polar surface area (TPSA) is 177 Å². The standard InChI is InChI=1S/C41H56F3N3O11S/c1-11-24-20-40(24,36(51)46-59(52,53)58-39(9)15-16-39)21-29(48)28-17-25(56-31-19-32(55-12-2)45-34-23(3)30(54-10)14-13-26(31)34)22-47(28)35(50)27(37(4,5)6)18-33(49)57-38(7,8)41(42,43)44/h13-14,19,24-25,27-28H,11-12,15-18,20-22H2,1-10H3,(H,46,51)/t24-,25-,27-,28+,40-/m1/s1. The van der Waals surface area contributed by atoms with Gasteiger partial charge in [0.25, 0.3) is 0 Å². The summed E-state index contributed by atoms with van der Waals surface area (Å²) in [5.41, 5.74) is -4.92.